The number of piperidine rings is 1. The predicted molar refractivity (Wildman–Crippen MR) is 83.4 cm³/mol. The van der Waals surface area contributed by atoms with Gasteiger partial charge in [-0.3, -0.25) is 9.88 Å². The zero-order valence-electron chi connectivity index (χ0n) is 12.4. The topological polar surface area (TPSA) is 42.2 Å². The van der Waals surface area contributed by atoms with Gasteiger partial charge < -0.3 is 5.73 Å². The molecule has 0 aliphatic carbocycles. The molecule has 3 rings (SSSR count). The van der Waals surface area contributed by atoms with E-state index in [2.05, 4.69) is 16.8 Å². The lowest BCUT2D eigenvalue weighted by atomic mass is 9.92. The van der Waals surface area contributed by atoms with Crippen molar-refractivity contribution in [3.05, 3.63) is 41.8 Å². The van der Waals surface area contributed by atoms with Crippen LogP contribution in [0.5, 0.6) is 0 Å². The van der Waals surface area contributed by atoms with Crippen LogP contribution >= 0.6 is 0 Å². The monoisotopic (exact) mass is 287 g/mol. The van der Waals surface area contributed by atoms with Gasteiger partial charge in [0.15, 0.2) is 0 Å². The molecular formula is C17H22FN3. The minimum absolute atomic E-state index is 0.194. The van der Waals surface area contributed by atoms with Crippen molar-refractivity contribution in [2.24, 2.45) is 11.7 Å². The fourth-order valence-corrected chi connectivity index (χ4v) is 3.32. The van der Waals surface area contributed by atoms with E-state index in [0.29, 0.717) is 12.6 Å². The molecule has 0 spiro atoms. The van der Waals surface area contributed by atoms with Crippen LogP contribution in [-0.4, -0.2) is 29.0 Å². The molecule has 4 heteroatoms. The molecular weight excluding hydrogens is 265 g/mol. The lowest BCUT2D eigenvalue weighted by Crippen LogP contribution is -2.45. The zero-order valence-corrected chi connectivity index (χ0v) is 12.4. The second-order valence-electron chi connectivity index (χ2n) is 6.13. The Balaban J connectivity index is 1.90. The number of halogens is 1. The first-order chi connectivity index (χ1) is 10.2. The van der Waals surface area contributed by atoms with Crippen LogP contribution in [0.3, 0.4) is 0 Å². The van der Waals surface area contributed by atoms with Gasteiger partial charge in [-0.05, 0) is 49.1 Å². The quantitative estimate of drug-likeness (QED) is 0.943. The number of likely N-dealkylation sites (tertiary alicyclic amines) is 1. The summed E-state index contributed by atoms with van der Waals surface area (Å²) in [5.41, 5.74) is 7.77. The van der Waals surface area contributed by atoms with Crippen molar-refractivity contribution in [1.29, 1.82) is 0 Å². The van der Waals surface area contributed by atoms with Crippen LogP contribution in [0, 0.1) is 11.7 Å². The van der Waals surface area contributed by atoms with Crippen LogP contribution in [0.25, 0.3) is 10.9 Å². The van der Waals surface area contributed by atoms with Gasteiger partial charge in [0.05, 0.1) is 5.52 Å². The summed E-state index contributed by atoms with van der Waals surface area (Å²) in [5, 5.41) is 0.863. The summed E-state index contributed by atoms with van der Waals surface area (Å²) in [4.78, 5) is 6.81. The summed E-state index contributed by atoms with van der Waals surface area (Å²) >= 11 is 0. The molecule has 0 bridgehead atoms. The van der Waals surface area contributed by atoms with Crippen LogP contribution in [0.4, 0.5) is 4.39 Å². The van der Waals surface area contributed by atoms with Crippen molar-refractivity contribution >= 4 is 10.9 Å². The molecule has 1 saturated heterocycles. The Morgan fingerprint density at radius 3 is 3.10 bits per heavy atom. The van der Waals surface area contributed by atoms with Crippen molar-refractivity contribution < 1.29 is 4.39 Å². The van der Waals surface area contributed by atoms with E-state index >= 15 is 0 Å². The summed E-state index contributed by atoms with van der Waals surface area (Å²) < 4.78 is 13.8. The van der Waals surface area contributed by atoms with E-state index in [1.807, 2.05) is 12.1 Å². The van der Waals surface area contributed by atoms with Crippen molar-refractivity contribution in [2.45, 2.75) is 32.4 Å². The van der Waals surface area contributed by atoms with Gasteiger partial charge in [0.25, 0.3) is 0 Å². The number of nitrogens with two attached hydrogens (primary N) is 1. The molecule has 112 valence electrons. The molecule has 3 nitrogen and oxygen atoms in total. The lowest BCUT2D eigenvalue weighted by molar-refractivity contribution is 0.115. The summed E-state index contributed by atoms with van der Waals surface area (Å²) in [5.74, 6) is 0.525. The number of nitrogens with zero attached hydrogens (tertiary/aromatic N) is 2. The Hall–Kier alpha value is -1.52. The van der Waals surface area contributed by atoms with Crippen LogP contribution < -0.4 is 5.73 Å². The number of benzene rings is 1. The van der Waals surface area contributed by atoms with Gasteiger partial charge in [-0.2, -0.15) is 0 Å². The molecule has 1 aromatic heterocycles. The molecule has 1 aliphatic heterocycles. The second kappa shape index (κ2) is 6.08. The largest absolute Gasteiger partial charge is 0.329 e. The van der Waals surface area contributed by atoms with Crippen LogP contribution in [0.2, 0.25) is 0 Å². The highest BCUT2D eigenvalue weighted by Gasteiger charge is 2.25. The Kier molecular flexibility index (Phi) is 4.17. The molecule has 0 saturated carbocycles. The van der Waals surface area contributed by atoms with Crippen LogP contribution in [0.15, 0.2) is 30.5 Å². The van der Waals surface area contributed by atoms with Gasteiger partial charge in [0, 0.05) is 30.7 Å². The van der Waals surface area contributed by atoms with Gasteiger partial charge >= 0.3 is 0 Å². The maximum absolute atomic E-state index is 13.8. The van der Waals surface area contributed by atoms with Gasteiger partial charge in [-0.1, -0.05) is 13.0 Å². The zero-order chi connectivity index (χ0) is 14.8. The number of fused-ring (bicyclic) bond motifs is 1. The fraction of sp³-hybridized carbons (Fsp3) is 0.471. The molecule has 2 unspecified atom stereocenters. The second-order valence-corrected chi connectivity index (χ2v) is 6.13. The Morgan fingerprint density at radius 2 is 2.29 bits per heavy atom. The van der Waals surface area contributed by atoms with E-state index in [0.717, 1.165) is 41.9 Å². The molecule has 1 aromatic carbocycles. The Bertz CT molecular complexity index is 628. The average molecular weight is 287 g/mol. The SMILES string of the molecule is CC1CCN(Cc2cc(F)cc3cccnc23)C(CN)C1. The van der Waals surface area contributed by atoms with Crippen LogP contribution in [0.1, 0.15) is 25.3 Å². The number of pyridine rings is 1. The highest BCUT2D eigenvalue weighted by Crippen LogP contribution is 2.26. The van der Waals surface area contributed by atoms with Gasteiger partial charge in [-0.25, -0.2) is 4.39 Å². The molecule has 0 amide bonds. The van der Waals surface area contributed by atoms with E-state index < -0.39 is 0 Å². The van der Waals surface area contributed by atoms with E-state index in [1.54, 1.807) is 18.3 Å². The molecule has 0 radical (unpaired) electrons. The Labute approximate surface area is 125 Å². The number of aromatic nitrogens is 1. The first-order valence-corrected chi connectivity index (χ1v) is 7.64. The lowest BCUT2D eigenvalue weighted by Gasteiger charge is -2.38. The maximum atomic E-state index is 13.8. The normalized spacial score (nSPS) is 23.6. The van der Waals surface area contributed by atoms with E-state index in [1.165, 1.54) is 6.42 Å². The van der Waals surface area contributed by atoms with E-state index in [4.69, 9.17) is 5.73 Å². The number of hydrogen-bond acceptors (Lipinski definition) is 3. The summed E-state index contributed by atoms with van der Waals surface area (Å²) in [7, 11) is 0. The first kappa shape index (κ1) is 14.4. The average Bonchev–Trinajstić information content (AvgIpc) is 2.48. The third kappa shape index (κ3) is 3.06. The minimum Gasteiger partial charge on any atom is -0.329 e. The summed E-state index contributed by atoms with van der Waals surface area (Å²) in [6.45, 7) is 4.68. The van der Waals surface area contributed by atoms with E-state index in [9.17, 15) is 4.39 Å². The van der Waals surface area contributed by atoms with Gasteiger partial charge in [0.2, 0.25) is 0 Å². The standard InChI is InChI=1S/C17H22FN3/c1-12-4-6-21(16(7-12)10-19)11-14-9-15(18)8-13-3-2-5-20-17(13)14/h2-3,5,8-9,12,16H,4,6-7,10-11,19H2,1H3. The maximum Gasteiger partial charge on any atom is 0.124 e. The molecule has 2 N–H and O–H groups in total. The third-order valence-corrected chi connectivity index (χ3v) is 4.49. The molecule has 21 heavy (non-hydrogen) atoms. The molecule has 2 atom stereocenters. The van der Waals surface area contributed by atoms with Crippen molar-refractivity contribution in [2.75, 3.05) is 13.1 Å². The highest BCUT2D eigenvalue weighted by atomic mass is 19.1. The smallest absolute Gasteiger partial charge is 0.124 e. The van der Waals surface area contributed by atoms with E-state index in [-0.39, 0.29) is 5.82 Å². The fourth-order valence-electron chi connectivity index (χ4n) is 3.32. The van der Waals surface area contributed by atoms with Gasteiger partial charge in [-0.15, -0.1) is 0 Å². The van der Waals surface area contributed by atoms with Crippen molar-refractivity contribution in [3.63, 3.8) is 0 Å². The van der Waals surface area contributed by atoms with Crippen molar-refractivity contribution in [3.8, 4) is 0 Å². The van der Waals surface area contributed by atoms with Crippen molar-refractivity contribution in [1.82, 2.24) is 9.88 Å². The Morgan fingerprint density at radius 1 is 1.43 bits per heavy atom. The number of hydrogen-bond donors (Lipinski definition) is 1. The minimum atomic E-state index is -0.194. The van der Waals surface area contributed by atoms with Gasteiger partial charge in [0.1, 0.15) is 5.82 Å². The third-order valence-electron chi connectivity index (χ3n) is 4.49. The first-order valence-electron chi connectivity index (χ1n) is 7.64. The molecule has 1 fully saturated rings. The predicted octanol–water partition coefficient (Wildman–Crippen LogP) is 2.93. The van der Waals surface area contributed by atoms with Crippen LogP contribution in [-0.2, 0) is 6.54 Å². The molecule has 2 heterocycles. The summed E-state index contributed by atoms with van der Waals surface area (Å²) in [6, 6.07) is 7.30. The molecule has 2 aromatic rings. The summed E-state index contributed by atoms with van der Waals surface area (Å²) in [6.07, 6.45) is 4.07. The molecule has 1 aliphatic rings. The highest BCUT2D eigenvalue weighted by molar-refractivity contribution is 5.81. The number of rotatable bonds is 3.